The van der Waals surface area contributed by atoms with Crippen LogP contribution < -0.4 is 15.5 Å². The highest BCUT2D eigenvalue weighted by Gasteiger charge is 2.36. The maximum atomic E-state index is 12.6. The molecule has 2 bridgehead atoms. The van der Waals surface area contributed by atoms with Crippen LogP contribution in [0.15, 0.2) is 30.5 Å². The number of urea groups is 1. The van der Waals surface area contributed by atoms with E-state index in [9.17, 15) is 14.0 Å². The van der Waals surface area contributed by atoms with Gasteiger partial charge in [0.2, 0.25) is 0 Å². The summed E-state index contributed by atoms with van der Waals surface area (Å²) in [4.78, 5) is 38.7. The van der Waals surface area contributed by atoms with E-state index in [0.717, 1.165) is 61.2 Å². The lowest BCUT2D eigenvalue weighted by Crippen LogP contribution is -2.43. The van der Waals surface area contributed by atoms with Crippen molar-refractivity contribution in [3.63, 3.8) is 0 Å². The van der Waals surface area contributed by atoms with E-state index < -0.39 is 18.3 Å². The number of anilines is 2. The highest BCUT2D eigenvalue weighted by molar-refractivity contribution is 5.90. The number of aromatic nitrogens is 4. The molecule has 12 nitrogen and oxygen atoms in total. The first kappa shape index (κ1) is 29.1. The predicted octanol–water partition coefficient (Wildman–Crippen LogP) is 4.52. The van der Waals surface area contributed by atoms with Gasteiger partial charge in [-0.05, 0) is 70.7 Å². The van der Waals surface area contributed by atoms with Crippen LogP contribution in [-0.4, -0.2) is 94.0 Å². The van der Waals surface area contributed by atoms with Crippen LogP contribution in [0.2, 0.25) is 0 Å². The van der Waals surface area contributed by atoms with Gasteiger partial charge in [-0.25, -0.2) is 28.6 Å². The SMILES string of the molecule is CC(C)(C)OC(=O)N1CCC(n2ncc3c(N4CC5CCC(C4)O5)nc(-c4ccc(NC(=O)NCCF)cc4)nc32)CC1. The molecule has 0 spiro atoms. The number of nitrogens with zero attached hydrogens (tertiary/aromatic N) is 6. The minimum atomic E-state index is -0.626. The van der Waals surface area contributed by atoms with Crippen molar-refractivity contribution in [3.05, 3.63) is 30.5 Å². The van der Waals surface area contributed by atoms with Gasteiger partial charge in [-0.15, -0.1) is 0 Å². The molecule has 6 rings (SSSR count). The molecule has 2 atom stereocenters. The number of amides is 3. The fourth-order valence-electron chi connectivity index (χ4n) is 5.99. The second-order valence-corrected chi connectivity index (χ2v) is 12.4. The number of fused-ring (bicyclic) bond motifs is 3. The molecule has 0 aliphatic carbocycles. The van der Waals surface area contributed by atoms with Crippen LogP contribution in [-0.2, 0) is 9.47 Å². The highest BCUT2D eigenvalue weighted by Crippen LogP contribution is 2.35. The van der Waals surface area contributed by atoms with Crippen LogP contribution in [0.4, 0.5) is 25.5 Å². The molecule has 2 unspecified atom stereocenters. The van der Waals surface area contributed by atoms with Crippen molar-refractivity contribution in [1.29, 1.82) is 0 Å². The third kappa shape index (κ3) is 6.51. The van der Waals surface area contributed by atoms with Gasteiger partial charge in [-0.1, -0.05) is 0 Å². The lowest BCUT2D eigenvalue weighted by Gasteiger charge is -2.34. The molecular formula is C30H39FN8O4. The van der Waals surface area contributed by atoms with E-state index in [0.29, 0.717) is 24.6 Å². The third-order valence-electron chi connectivity index (χ3n) is 8.02. The van der Waals surface area contributed by atoms with E-state index in [-0.39, 0.29) is 30.9 Å². The number of carbonyl (C=O) groups excluding carboxylic acids is 2. The molecular weight excluding hydrogens is 555 g/mol. The number of rotatable bonds is 6. The average Bonchev–Trinajstić information content (AvgIpc) is 3.57. The molecule has 0 radical (unpaired) electrons. The number of hydrogen-bond donors (Lipinski definition) is 2. The summed E-state index contributed by atoms with van der Waals surface area (Å²) in [5.74, 6) is 1.40. The normalized spacial score (nSPS) is 20.8. The first-order valence-electron chi connectivity index (χ1n) is 15.0. The van der Waals surface area contributed by atoms with Crippen LogP contribution in [0.3, 0.4) is 0 Å². The molecule has 3 aliphatic heterocycles. The number of likely N-dealkylation sites (tertiary alicyclic amines) is 1. The summed E-state index contributed by atoms with van der Waals surface area (Å²) in [6.45, 7) is 7.62. The maximum Gasteiger partial charge on any atom is 0.410 e. The highest BCUT2D eigenvalue weighted by atomic mass is 19.1. The standard InChI is InChI=1S/C30H39FN8O4/c1-30(2,3)43-29(41)37-14-10-21(11-15-37)39-27-24(16-33-39)26(38-17-22-8-9-23(18-38)42-22)35-25(36-27)19-4-6-20(7-5-19)34-28(40)32-13-12-31/h4-7,16,21-23H,8-15,17-18H2,1-3H3,(H2,32,34,40). The molecule has 43 heavy (non-hydrogen) atoms. The van der Waals surface area contributed by atoms with Crippen LogP contribution in [0, 0.1) is 0 Å². The number of piperidine rings is 1. The predicted molar refractivity (Wildman–Crippen MR) is 160 cm³/mol. The largest absolute Gasteiger partial charge is 0.444 e. The third-order valence-corrected chi connectivity index (χ3v) is 8.02. The van der Waals surface area contributed by atoms with Gasteiger partial charge in [0.1, 0.15) is 18.1 Å². The molecule has 2 N–H and O–H groups in total. The Bertz CT molecular complexity index is 1450. The van der Waals surface area contributed by atoms with Gasteiger partial charge in [0.25, 0.3) is 0 Å². The van der Waals surface area contributed by atoms with E-state index in [1.54, 1.807) is 17.0 Å². The monoisotopic (exact) mass is 594 g/mol. The van der Waals surface area contributed by atoms with E-state index in [1.807, 2.05) is 43.8 Å². The Balaban J connectivity index is 1.28. The Labute approximate surface area is 249 Å². The fourth-order valence-corrected chi connectivity index (χ4v) is 5.99. The van der Waals surface area contributed by atoms with Gasteiger partial charge in [0.05, 0.1) is 29.8 Å². The number of alkyl halides is 1. The molecule has 3 saturated heterocycles. The molecule has 5 heterocycles. The Morgan fingerprint density at radius 2 is 1.74 bits per heavy atom. The second-order valence-electron chi connectivity index (χ2n) is 12.4. The summed E-state index contributed by atoms with van der Waals surface area (Å²) in [6.07, 6.45) is 5.50. The molecule has 1 aromatic carbocycles. The van der Waals surface area contributed by atoms with Crippen molar-refractivity contribution in [1.82, 2.24) is 30.0 Å². The van der Waals surface area contributed by atoms with Crippen molar-refractivity contribution in [2.24, 2.45) is 0 Å². The van der Waals surface area contributed by atoms with Gasteiger partial charge in [0.15, 0.2) is 11.5 Å². The molecule has 3 amide bonds. The molecule has 2 aromatic heterocycles. The fraction of sp³-hybridized carbons (Fsp3) is 0.567. The number of hydrogen-bond acceptors (Lipinski definition) is 8. The molecule has 3 fully saturated rings. The quantitative estimate of drug-likeness (QED) is 0.427. The lowest BCUT2D eigenvalue weighted by molar-refractivity contribution is 0.0186. The zero-order valence-corrected chi connectivity index (χ0v) is 24.9. The summed E-state index contributed by atoms with van der Waals surface area (Å²) < 4.78 is 26.0. The van der Waals surface area contributed by atoms with Crippen LogP contribution in [0.1, 0.15) is 52.5 Å². The van der Waals surface area contributed by atoms with Crippen molar-refractivity contribution in [2.45, 2.75) is 70.3 Å². The van der Waals surface area contributed by atoms with Crippen molar-refractivity contribution >= 4 is 34.7 Å². The van der Waals surface area contributed by atoms with Gasteiger partial charge < -0.3 is 29.9 Å². The summed E-state index contributed by atoms with van der Waals surface area (Å²) in [5.41, 5.74) is 1.59. The maximum absolute atomic E-state index is 12.6. The van der Waals surface area contributed by atoms with E-state index in [4.69, 9.17) is 24.5 Å². The van der Waals surface area contributed by atoms with E-state index in [2.05, 4.69) is 15.5 Å². The number of nitrogens with one attached hydrogen (secondary N) is 2. The number of benzene rings is 1. The number of ether oxygens (including phenoxy) is 2. The Hall–Kier alpha value is -4.00. The Morgan fingerprint density at radius 1 is 1.05 bits per heavy atom. The Kier molecular flexibility index (Phi) is 8.08. The van der Waals surface area contributed by atoms with Crippen molar-refractivity contribution in [2.75, 3.05) is 49.6 Å². The van der Waals surface area contributed by atoms with Gasteiger partial charge >= 0.3 is 12.1 Å². The number of morpholine rings is 1. The molecule has 0 saturated carbocycles. The minimum absolute atomic E-state index is 0.0441. The van der Waals surface area contributed by atoms with Crippen molar-refractivity contribution < 1.29 is 23.5 Å². The zero-order chi connectivity index (χ0) is 30.1. The van der Waals surface area contributed by atoms with E-state index >= 15 is 0 Å². The van der Waals surface area contributed by atoms with Gasteiger partial charge in [0, 0.05) is 44.0 Å². The topological polar surface area (TPSA) is 127 Å². The first-order chi connectivity index (χ1) is 20.7. The van der Waals surface area contributed by atoms with Crippen LogP contribution >= 0.6 is 0 Å². The minimum Gasteiger partial charge on any atom is -0.444 e. The smallest absolute Gasteiger partial charge is 0.410 e. The number of halogens is 1. The molecule has 3 aliphatic rings. The van der Waals surface area contributed by atoms with Gasteiger partial charge in [-0.2, -0.15) is 5.10 Å². The average molecular weight is 595 g/mol. The van der Waals surface area contributed by atoms with Crippen LogP contribution in [0.25, 0.3) is 22.4 Å². The summed E-state index contributed by atoms with van der Waals surface area (Å²) in [7, 11) is 0. The molecule has 230 valence electrons. The summed E-state index contributed by atoms with van der Waals surface area (Å²) in [5, 5.41) is 10.9. The van der Waals surface area contributed by atoms with Crippen molar-refractivity contribution in [3.8, 4) is 11.4 Å². The molecule has 3 aromatic rings. The second kappa shape index (κ2) is 11.9. The van der Waals surface area contributed by atoms with Crippen LogP contribution in [0.5, 0.6) is 0 Å². The molecule has 13 heteroatoms. The summed E-state index contributed by atoms with van der Waals surface area (Å²) in [6, 6.07) is 6.88. The first-order valence-corrected chi connectivity index (χ1v) is 15.0. The number of carbonyl (C=O) groups is 2. The summed E-state index contributed by atoms with van der Waals surface area (Å²) >= 11 is 0. The zero-order valence-electron chi connectivity index (χ0n) is 24.9. The van der Waals surface area contributed by atoms with E-state index in [1.165, 1.54) is 0 Å². The van der Waals surface area contributed by atoms with Gasteiger partial charge in [-0.3, -0.25) is 0 Å². The lowest BCUT2D eigenvalue weighted by atomic mass is 10.1. The Morgan fingerprint density at radius 3 is 2.40 bits per heavy atom.